The number of anilines is 1. The highest BCUT2D eigenvalue weighted by Gasteiger charge is 2.49. The van der Waals surface area contributed by atoms with Crippen molar-refractivity contribution in [2.45, 2.75) is 49.1 Å². The Morgan fingerprint density at radius 3 is 2.67 bits per heavy atom. The molecule has 0 amide bonds. The van der Waals surface area contributed by atoms with Crippen LogP contribution in [0.15, 0.2) is 30.5 Å². The number of rotatable bonds is 7. The predicted molar refractivity (Wildman–Crippen MR) is 176 cm³/mol. The second-order valence-electron chi connectivity index (χ2n) is 13.0. The largest absolute Gasteiger partial charge is 0.508 e. The molecular weight excluding hydrogens is 645 g/mol. The number of nitrogens with zero attached hydrogens (tertiary/aromatic N) is 6. The highest BCUT2D eigenvalue weighted by molar-refractivity contribution is 7.89. The molecule has 0 saturated carbocycles. The predicted octanol–water partition coefficient (Wildman–Crippen LogP) is 4.63. The molecule has 5 heterocycles. The molecule has 0 aliphatic carbocycles. The molecule has 2 atom stereocenters. The maximum atomic E-state index is 16.8. The zero-order chi connectivity index (χ0) is 34.0. The number of piperidine rings is 1. The highest BCUT2D eigenvalue weighted by atomic mass is 32.2. The van der Waals surface area contributed by atoms with E-state index >= 15 is 4.39 Å². The van der Waals surface area contributed by atoms with E-state index in [0.717, 1.165) is 19.4 Å². The Kier molecular flexibility index (Phi) is 8.12. The molecule has 2 aromatic carbocycles. The van der Waals surface area contributed by atoms with Crippen molar-refractivity contribution in [1.29, 1.82) is 0 Å². The Morgan fingerprint density at radius 2 is 1.94 bits per heavy atom. The average molecular weight is 681 g/mol. The molecule has 48 heavy (non-hydrogen) atoms. The minimum Gasteiger partial charge on any atom is -0.508 e. The Balaban J connectivity index is 1.34. The van der Waals surface area contributed by atoms with Gasteiger partial charge < -0.3 is 14.7 Å². The second kappa shape index (κ2) is 12.0. The van der Waals surface area contributed by atoms with E-state index < -0.39 is 38.6 Å². The van der Waals surface area contributed by atoms with E-state index in [4.69, 9.17) is 11.2 Å². The normalized spacial score (nSPS) is 22.1. The number of fused-ring (bicyclic) bond motifs is 3. The molecule has 7 rings (SSSR count). The van der Waals surface area contributed by atoms with Crippen LogP contribution in [-0.2, 0) is 10.0 Å². The molecule has 4 aromatic rings. The van der Waals surface area contributed by atoms with Gasteiger partial charge in [0.1, 0.15) is 41.4 Å². The van der Waals surface area contributed by atoms with E-state index in [1.807, 2.05) is 4.90 Å². The van der Waals surface area contributed by atoms with E-state index in [-0.39, 0.29) is 51.5 Å². The number of alkyl halides is 1. The van der Waals surface area contributed by atoms with E-state index in [1.54, 1.807) is 0 Å². The van der Waals surface area contributed by atoms with Gasteiger partial charge >= 0.3 is 6.01 Å². The van der Waals surface area contributed by atoms with Gasteiger partial charge in [0, 0.05) is 57.3 Å². The van der Waals surface area contributed by atoms with Crippen LogP contribution in [0, 0.1) is 24.0 Å². The molecule has 3 saturated heterocycles. The Labute approximate surface area is 276 Å². The maximum Gasteiger partial charge on any atom is 0.319 e. The third-order valence-electron chi connectivity index (χ3n) is 10.00. The summed E-state index contributed by atoms with van der Waals surface area (Å²) in [7, 11) is -0.468. The number of aromatic hydroxyl groups is 1. The van der Waals surface area contributed by atoms with Crippen molar-refractivity contribution < 1.29 is 31.4 Å². The van der Waals surface area contributed by atoms with Crippen molar-refractivity contribution in [2.24, 2.45) is 0 Å². The van der Waals surface area contributed by atoms with Crippen molar-refractivity contribution in [1.82, 2.24) is 24.2 Å². The molecule has 0 unspecified atom stereocenters. The number of aromatic nitrogens is 3. The average Bonchev–Trinajstić information content (AvgIpc) is 3.59. The quantitative estimate of drug-likeness (QED) is 0.280. The molecule has 3 aliphatic rings. The van der Waals surface area contributed by atoms with Gasteiger partial charge in [0.05, 0.1) is 21.7 Å². The number of hydrogen-bond acceptors (Lipinski definition) is 9. The van der Waals surface area contributed by atoms with Gasteiger partial charge in [-0.05, 0) is 55.8 Å². The van der Waals surface area contributed by atoms with E-state index in [0.29, 0.717) is 50.1 Å². The molecular formula is C34H35F3N6O4S. The number of sulfonamides is 1. The zero-order valence-corrected chi connectivity index (χ0v) is 27.4. The van der Waals surface area contributed by atoms with Crippen LogP contribution in [0.5, 0.6) is 11.8 Å². The summed E-state index contributed by atoms with van der Waals surface area (Å²) in [4.78, 5) is 17.5. The van der Waals surface area contributed by atoms with Gasteiger partial charge in [0.2, 0.25) is 10.0 Å². The van der Waals surface area contributed by atoms with E-state index in [9.17, 15) is 22.3 Å². The maximum absolute atomic E-state index is 16.8. The fourth-order valence-corrected chi connectivity index (χ4v) is 8.98. The summed E-state index contributed by atoms with van der Waals surface area (Å²) in [5, 5.41) is 10.8. The van der Waals surface area contributed by atoms with Gasteiger partial charge in [-0.1, -0.05) is 12.0 Å². The number of phenols is 1. The second-order valence-corrected chi connectivity index (χ2v) is 15.5. The molecule has 0 bridgehead atoms. The van der Waals surface area contributed by atoms with Crippen molar-refractivity contribution in [2.75, 3.05) is 51.8 Å². The topological polar surface area (TPSA) is 112 Å². The van der Waals surface area contributed by atoms with Gasteiger partial charge in [0.15, 0.2) is 5.82 Å². The number of benzene rings is 2. The van der Waals surface area contributed by atoms with E-state index in [2.05, 4.69) is 25.8 Å². The molecule has 14 heteroatoms. The van der Waals surface area contributed by atoms with Gasteiger partial charge in [-0.3, -0.25) is 9.88 Å². The third kappa shape index (κ3) is 5.38. The minimum absolute atomic E-state index is 0.0783. The Hall–Kier alpha value is -4.19. The summed E-state index contributed by atoms with van der Waals surface area (Å²) in [6, 6.07) is 5.19. The first-order chi connectivity index (χ1) is 22.9. The smallest absolute Gasteiger partial charge is 0.319 e. The molecule has 2 aromatic heterocycles. The lowest BCUT2D eigenvalue weighted by atomic mass is 9.95. The fourth-order valence-electron chi connectivity index (χ4n) is 7.58. The molecule has 3 fully saturated rings. The van der Waals surface area contributed by atoms with Crippen LogP contribution in [0.2, 0.25) is 0 Å². The minimum atomic E-state index is -3.48. The first-order valence-electron chi connectivity index (χ1n) is 15.9. The summed E-state index contributed by atoms with van der Waals surface area (Å²) in [5.74, 6) is 0.915. The standard InChI is InChI=1S/C34H35F3N6O4S/c1-4-24-27(36)7-6-20-14-22(44)15-25(28(20)24)30-29(37)31-26(17-38-30)32(42-12-8-23(9-13-42)48(45,46)41(2)3)40-33(39-31)47-19-34-10-5-11-43(34)18-21(35)16-34/h1,6-7,14-15,17,21,23,44H,5,8-13,16,18-19H2,2-3H3/t21-,34+/m1/s1. The lowest BCUT2D eigenvalue weighted by Gasteiger charge is -2.34. The van der Waals surface area contributed by atoms with Crippen molar-refractivity contribution in [3.05, 3.63) is 47.7 Å². The van der Waals surface area contributed by atoms with Crippen LogP contribution in [0.4, 0.5) is 19.0 Å². The number of pyridine rings is 1. The first-order valence-corrected chi connectivity index (χ1v) is 17.4. The molecule has 10 nitrogen and oxygen atoms in total. The number of terminal acetylenes is 1. The van der Waals surface area contributed by atoms with Gasteiger partial charge in [-0.25, -0.2) is 25.9 Å². The van der Waals surface area contributed by atoms with Crippen LogP contribution < -0.4 is 9.64 Å². The summed E-state index contributed by atoms with van der Waals surface area (Å²) in [6.45, 7) is 1.84. The van der Waals surface area contributed by atoms with Crippen LogP contribution in [0.25, 0.3) is 32.9 Å². The lowest BCUT2D eigenvalue weighted by molar-refractivity contribution is 0.107. The summed E-state index contributed by atoms with van der Waals surface area (Å²) < 4.78 is 79.2. The summed E-state index contributed by atoms with van der Waals surface area (Å²) >= 11 is 0. The van der Waals surface area contributed by atoms with Crippen LogP contribution >= 0.6 is 0 Å². The molecule has 1 N–H and O–H groups in total. The van der Waals surface area contributed by atoms with Crippen molar-refractivity contribution >= 4 is 37.5 Å². The summed E-state index contributed by atoms with van der Waals surface area (Å²) in [5.41, 5.74) is -0.874. The van der Waals surface area contributed by atoms with Crippen molar-refractivity contribution in [3.63, 3.8) is 0 Å². The van der Waals surface area contributed by atoms with E-state index in [1.165, 1.54) is 48.9 Å². The Bertz CT molecular complexity index is 2080. The number of ether oxygens (including phenoxy) is 1. The molecule has 252 valence electrons. The highest BCUT2D eigenvalue weighted by Crippen LogP contribution is 2.42. The number of halogens is 3. The molecule has 0 radical (unpaired) electrons. The fraction of sp³-hybridized carbons (Fsp3) is 0.441. The lowest BCUT2D eigenvalue weighted by Crippen LogP contribution is -2.44. The zero-order valence-electron chi connectivity index (χ0n) is 26.6. The van der Waals surface area contributed by atoms with Crippen LogP contribution in [-0.4, -0.2) is 102 Å². The molecule has 0 spiro atoms. The monoisotopic (exact) mass is 680 g/mol. The molecule has 3 aliphatic heterocycles. The summed E-state index contributed by atoms with van der Waals surface area (Å²) in [6.07, 6.45) is 8.72. The van der Waals surface area contributed by atoms with Crippen LogP contribution in [0.1, 0.15) is 37.7 Å². The van der Waals surface area contributed by atoms with Crippen LogP contribution in [0.3, 0.4) is 0 Å². The van der Waals surface area contributed by atoms with Gasteiger partial charge in [-0.2, -0.15) is 9.97 Å². The van der Waals surface area contributed by atoms with Gasteiger partial charge in [-0.15, -0.1) is 6.42 Å². The van der Waals surface area contributed by atoms with Crippen molar-refractivity contribution in [3.8, 4) is 35.4 Å². The first kappa shape index (κ1) is 32.4. The van der Waals surface area contributed by atoms with Gasteiger partial charge in [0.25, 0.3) is 0 Å². The SMILES string of the molecule is C#Cc1c(F)ccc2cc(O)cc(-c3ncc4c(N5CCC(S(=O)(=O)N(C)C)CC5)nc(OC[C@@]56CCCN5C[C@H](F)C6)nc4c3F)c12. The Morgan fingerprint density at radius 1 is 1.17 bits per heavy atom. The third-order valence-corrected chi connectivity index (χ3v) is 12.3. The number of hydrogen-bond donors (Lipinski definition) is 1. The number of phenolic OH excluding ortho intramolecular Hbond substituents is 1.